The van der Waals surface area contributed by atoms with Crippen LogP contribution in [0.1, 0.15) is 46.9 Å². The third kappa shape index (κ3) is 5.77. The van der Waals surface area contributed by atoms with Crippen molar-refractivity contribution >= 4 is 43.7 Å². The normalized spacial score (nSPS) is 15.1. The Morgan fingerprint density at radius 1 is 1.24 bits per heavy atom. The lowest BCUT2D eigenvalue weighted by atomic mass is 9.96. The number of carbonyl (C=O) groups excluding carboxylic acids is 1. The lowest BCUT2D eigenvalue weighted by Crippen LogP contribution is -2.39. The number of nitrogens with zero attached hydrogens (tertiary/aromatic N) is 5. The minimum absolute atomic E-state index is 0.0761. The molecule has 4 rings (SSSR count). The van der Waals surface area contributed by atoms with Crippen LogP contribution in [-0.2, 0) is 18.3 Å². The van der Waals surface area contributed by atoms with Gasteiger partial charge < -0.3 is 18.9 Å². The highest BCUT2D eigenvalue weighted by molar-refractivity contribution is 7.42. The SMILES string of the molecule is C=Cc1c(C(=O)N2CCC(Cn3cc4c(OC)c(C(P)=NCCOC)ccc4n3)CC2)cn(C)c1/C=C\C. The fourth-order valence-electron chi connectivity index (χ4n) is 5.14. The number of allylic oxidation sites excluding steroid dienone is 1. The summed E-state index contributed by atoms with van der Waals surface area (Å²) >= 11 is 0. The fraction of sp³-hybridized carbons (Fsp3) is 0.414. The number of aliphatic imine (C=N–C) groups is 1. The Morgan fingerprint density at radius 3 is 2.66 bits per heavy atom. The Kier molecular flexibility index (Phi) is 9.18. The third-order valence-corrected chi connectivity index (χ3v) is 7.61. The highest BCUT2D eigenvalue weighted by Crippen LogP contribution is 2.32. The topological polar surface area (TPSA) is 73.9 Å². The van der Waals surface area contributed by atoms with Gasteiger partial charge in [-0.2, -0.15) is 5.10 Å². The van der Waals surface area contributed by atoms with E-state index in [1.165, 1.54) is 0 Å². The van der Waals surface area contributed by atoms with Gasteiger partial charge in [0.05, 0.1) is 42.2 Å². The van der Waals surface area contributed by atoms with Gasteiger partial charge in [-0.1, -0.05) is 28.0 Å². The molecule has 202 valence electrons. The first-order chi connectivity index (χ1) is 18.4. The van der Waals surface area contributed by atoms with Gasteiger partial charge in [-0.05, 0) is 43.9 Å². The van der Waals surface area contributed by atoms with E-state index in [-0.39, 0.29) is 5.91 Å². The van der Waals surface area contributed by atoms with Crippen LogP contribution in [0.2, 0.25) is 0 Å². The van der Waals surface area contributed by atoms with Crippen molar-refractivity contribution in [3.63, 3.8) is 0 Å². The first-order valence-corrected chi connectivity index (χ1v) is 13.6. The lowest BCUT2D eigenvalue weighted by Gasteiger charge is -2.32. The van der Waals surface area contributed by atoms with Gasteiger partial charge in [-0.3, -0.25) is 14.5 Å². The van der Waals surface area contributed by atoms with Crippen molar-refractivity contribution in [1.82, 2.24) is 19.2 Å². The number of aromatic nitrogens is 3. The number of piperidine rings is 1. The zero-order valence-electron chi connectivity index (χ0n) is 22.8. The van der Waals surface area contributed by atoms with Gasteiger partial charge in [-0.25, -0.2) is 0 Å². The molecule has 0 saturated carbocycles. The van der Waals surface area contributed by atoms with E-state index in [0.29, 0.717) is 19.1 Å². The molecule has 0 aliphatic carbocycles. The predicted octanol–water partition coefficient (Wildman–Crippen LogP) is 4.88. The summed E-state index contributed by atoms with van der Waals surface area (Å²) in [6.45, 7) is 9.35. The Balaban J connectivity index is 1.44. The monoisotopic (exact) mass is 535 g/mol. The zero-order chi connectivity index (χ0) is 27.2. The summed E-state index contributed by atoms with van der Waals surface area (Å²) in [5.74, 6) is 1.30. The smallest absolute Gasteiger partial charge is 0.256 e. The summed E-state index contributed by atoms with van der Waals surface area (Å²) in [5, 5.41) is 5.78. The van der Waals surface area contributed by atoms with Crippen LogP contribution in [0.15, 0.2) is 42.2 Å². The van der Waals surface area contributed by atoms with E-state index in [2.05, 4.69) is 27.0 Å². The highest BCUT2D eigenvalue weighted by atomic mass is 31.0. The Hall–Kier alpha value is -3.22. The van der Waals surface area contributed by atoms with Crippen LogP contribution in [0, 0.1) is 5.92 Å². The molecular formula is C29H38N5O3P. The van der Waals surface area contributed by atoms with E-state index in [4.69, 9.17) is 14.6 Å². The van der Waals surface area contributed by atoms with Crippen molar-refractivity contribution < 1.29 is 14.3 Å². The number of carbonyl (C=O) groups is 1. The number of aryl methyl sites for hydroxylation is 1. The van der Waals surface area contributed by atoms with Crippen molar-refractivity contribution in [1.29, 1.82) is 0 Å². The average molecular weight is 536 g/mol. The molecule has 1 saturated heterocycles. The van der Waals surface area contributed by atoms with Gasteiger partial charge in [0.1, 0.15) is 5.75 Å². The van der Waals surface area contributed by atoms with Crippen molar-refractivity contribution in [2.24, 2.45) is 18.0 Å². The Morgan fingerprint density at radius 2 is 2.00 bits per heavy atom. The number of hydrogen-bond acceptors (Lipinski definition) is 5. The second-order valence-electron chi connectivity index (χ2n) is 9.58. The number of benzene rings is 1. The minimum Gasteiger partial charge on any atom is -0.495 e. The molecule has 1 aliphatic heterocycles. The van der Waals surface area contributed by atoms with Crippen LogP contribution >= 0.6 is 9.24 Å². The molecule has 3 heterocycles. The number of rotatable bonds is 10. The fourth-order valence-corrected chi connectivity index (χ4v) is 5.50. The third-order valence-electron chi connectivity index (χ3n) is 7.12. The number of methoxy groups -OCH3 is 2. The molecule has 1 amide bonds. The van der Waals surface area contributed by atoms with Gasteiger partial charge in [-0.15, -0.1) is 0 Å². The summed E-state index contributed by atoms with van der Waals surface area (Å²) in [7, 11) is 8.02. The van der Waals surface area contributed by atoms with Crippen LogP contribution in [-0.4, -0.2) is 71.1 Å². The zero-order valence-corrected chi connectivity index (χ0v) is 24.0. The maximum Gasteiger partial charge on any atom is 0.256 e. The van der Waals surface area contributed by atoms with Crippen LogP contribution < -0.4 is 4.74 Å². The summed E-state index contributed by atoms with van der Waals surface area (Å²) in [6.07, 6.45) is 11.6. The molecule has 0 spiro atoms. The molecule has 0 radical (unpaired) electrons. The number of ether oxygens (including phenoxy) is 2. The minimum atomic E-state index is 0.0761. The van der Waals surface area contributed by atoms with Crippen LogP contribution in [0.5, 0.6) is 5.75 Å². The van der Waals surface area contributed by atoms with Crippen molar-refractivity contribution in [2.45, 2.75) is 26.3 Å². The number of hydrogen-bond donors (Lipinski definition) is 0. The summed E-state index contributed by atoms with van der Waals surface area (Å²) in [5.41, 5.74) is 5.28. The van der Waals surface area contributed by atoms with E-state index < -0.39 is 0 Å². The number of fused-ring (bicyclic) bond motifs is 1. The van der Waals surface area contributed by atoms with Gasteiger partial charge in [0.15, 0.2) is 0 Å². The quantitative estimate of drug-likeness (QED) is 0.211. The van der Waals surface area contributed by atoms with Gasteiger partial charge in [0.2, 0.25) is 0 Å². The maximum absolute atomic E-state index is 13.4. The highest BCUT2D eigenvalue weighted by Gasteiger charge is 2.27. The molecule has 9 heteroatoms. The van der Waals surface area contributed by atoms with E-state index in [9.17, 15) is 4.79 Å². The summed E-state index contributed by atoms with van der Waals surface area (Å²) in [6, 6.07) is 4.02. The van der Waals surface area contributed by atoms with Crippen molar-refractivity contribution in [3.8, 4) is 5.75 Å². The van der Waals surface area contributed by atoms with Gasteiger partial charge in [0.25, 0.3) is 5.91 Å². The molecule has 2 aromatic heterocycles. The van der Waals surface area contributed by atoms with E-state index in [1.54, 1.807) is 20.3 Å². The van der Waals surface area contributed by atoms with E-state index in [1.807, 2.05) is 58.6 Å². The largest absolute Gasteiger partial charge is 0.495 e. The second-order valence-corrected chi connectivity index (χ2v) is 10.1. The van der Waals surface area contributed by atoms with Crippen LogP contribution in [0.3, 0.4) is 0 Å². The number of likely N-dealkylation sites (tertiary alicyclic amines) is 1. The number of amides is 1. The molecule has 3 aromatic rings. The Labute approximate surface area is 227 Å². The lowest BCUT2D eigenvalue weighted by molar-refractivity contribution is 0.0681. The van der Waals surface area contributed by atoms with Crippen LogP contribution in [0.4, 0.5) is 0 Å². The van der Waals surface area contributed by atoms with Gasteiger partial charge >= 0.3 is 0 Å². The standard InChI is InChI=1S/C29H38N5O3P/c1-6-8-26-21(7-2)23(18-32(26)3)29(35)33-14-11-20(12-15-33)17-34-19-24-25(31-34)10-9-22(27(24)37-5)28(38)30-13-16-36-4/h6-10,18-20H,2,11-17,38H2,1,3-5H3/b8-6-,30-28?. The molecule has 0 bridgehead atoms. The molecule has 1 fully saturated rings. The maximum atomic E-state index is 13.4. The molecule has 1 unspecified atom stereocenters. The summed E-state index contributed by atoms with van der Waals surface area (Å²) < 4.78 is 14.9. The molecule has 38 heavy (non-hydrogen) atoms. The first kappa shape index (κ1) is 27.8. The van der Waals surface area contributed by atoms with Gasteiger partial charge in [0, 0.05) is 63.0 Å². The molecule has 1 aliphatic rings. The van der Waals surface area contributed by atoms with Crippen molar-refractivity contribution in [2.75, 3.05) is 40.5 Å². The molecule has 1 atom stereocenters. The Bertz CT molecular complexity index is 1360. The molecular weight excluding hydrogens is 497 g/mol. The van der Waals surface area contributed by atoms with Crippen LogP contribution in [0.25, 0.3) is 23.1 Å². The summed E-state index contributed by atoms with van der Waals surface area (Å²) in [4.78, 5) is 19.9. The van der Waals surface area contributed by atoms with E-state index in [0.717, 1.165) is 77.0 Å². The molecule has 1 aromatic carbocycles. The van der Waals surface area contributed by atoms with E-state index >= 15 is 0 Å². The first-order valence-electron chi connectivity index (χ1n) is 13.0. The predicted molar refractivity (Wildman–Crippen MR) is 158 cm³/mol. The second kappa shape index (κ2) is 12.5. The molecule has 0 N–H and O–H groups in total. The van der Waals surface area contributed by atoms with Crippen molar-refractivity contribution in [3.05, 3.63) is 59.6 Å². The average Bonchev–Trinajstić information content (AvgIpc) is 3.48. The molecule has 8 nitrogen and oxygen atoms in total.